The molecule has 3 rings (SSSR count). The molecule has 0 spiro atoms. The fourth-order valence-corrected chi connectivity index (χ4v) is 3.22. The van der Waals surface area contributed by atoms with Crippen molar-refractivity contribution in [3.05, 3.63) is 29.6 Å². The minimum Gasteiger partial charge on any atom is -0.392 e. The van der Waals surface area contributed by atoms with Gasteiger partial charge in [0.15, 0.2) is 5.82 Å². The number of nitrogens with zero attached hydrogens (tertiary/aromatic N) is 3. The summed E-state index contributed by atoms with van der Waals surface area (Å²) < 4.78 is 19.5. The zero-order valence-corrected chi connectivity index (χ0v) is 13.9. The Labute approximate surface area is 141 Å². The predicted octanol–water partition coefficient (Wildman–Crippen LogP) is 0.297. The standard InChI is InChI=1S/C17H24FN3O3/c1-24-14-9-19(10-14)11-16(23)21-7-5-20(6-8-21)15-4-2-3-13(12-22)17(15)18/h2-4,14,22H,5-12H2,1H3. The number of likely N-dealkylation sites (tertiary alicyclic amines) is 1. The summed E-state index contributed by atoms with van der Waals surface area (Å²) in [6.45, 7) is 4.09. The third kappa shape index (κ3) is 3.53. The highest BCUT2D eigenvalue weighted by Crippen LogP contribution is 2.23. The molecule has 24 heavy (non-hydrogen) atoms. The number of carbonyl (C=O) groups excluding carboxylic acids is 1. The van der Waals surface area contributed by atoms with Crippen molar-refractivity contribution in [2.24, 2.45) is 0 Å². The molecule has 6 nitrogen and oxygen atoms in total. The third-order valence-electron chi connectivity index (χ3n) is 4.82. The van der Waals surface area contributed by atoms with Gasteiger partial charge in [-0.25, -0.2) is 4.39 Å². The Bertz CT molecular complexity index is 584. The Morgan fingerprint density at radius 3 is 2.62 bits per heavy atom. The van der Waals surface area contributed by atoms with Crippen LogP contribution in [0.3, 0.4) is 0 Å². The fourth-order valence-electron chi connectivity index (χ4n) is 3.22. The van der Waals surface area contributed by atoms with Crippen LogP contribution in [0.15, 0.2) is 18.2 Å². The zero-order valence-electron chi connectivity index (χ0n) is 13.9. The van der Waals surface area contributed by atoms with E-state index >= 15 is 0 Å². The van der Waals surface area contributed by atoms with Crippen molar-refractivity contribution in [1.82, 2.24) is 9.80 Å². The molecule has 132 valence electrons. The van der Waals surface area contributed by atoms with E-state index in [0.717, 1.165) is 13.1 Å². The van der Waals surface area contributed by atoms with E-state index in [1.807, 2.05) is 9.80 Å². The van der Waals surface area contributed by atoms with Crippen molar-refractivity contribution in [3.8, 4) is 0 Å². The molecule has 1 N–H and O–H groups in total. The van der Waals surface area contributed by atoms with Gasteiger partial charge in [0.1, 0.15) is 0 Å². The summed E-state index contributed by atoms with van der Waals surface area (Å²) in [6, 6.07) is 5.05. The van der Waals surface area contributed by atoms with Gasteiger partial charge in [0.25, 0.3) is 0 Å². The van der Waals surface area contributed by atoms with Crippen molar-refractivity contribution in [2.75, 3.05) is 57.8 Å². The molecule has 2 aliphatic rings. The number of carbonyl (C=O) groups is 1. The highest BCUT2D eigenvalue weighted by molar-refractivity contribution is 5.78. The highest BCUT2D eigenvalue weighted by atomic mass is 19.1. The first-order valence-corrected chi connectivity index (χ1v) is 8.28. The number of piperazine rings is 1. The molecule has 1 aromatic carbocycles. The van der Waals surface area contributed by atoms with Crippen molar-refractivity contribution < 1.29 is 19.0 Å². The summed E-state index contributed by atoms with van der Waals surface area (Å²) in [4.78, 5) is 18.2. The van der Waals surface area contributed by atoms with Crippen LogP contribution in [-0.2, 0) is 16.1 Å². The number of methoxy groups -OCH3 is 1. The number of rotatable bonds is 5. The van der Waals surface area contributed by atoms with E-state index < -0.39 is 0 Å². The number of aliphatic hydroxyl groups excluding tert-OH is 1. The van der Waals surface area contributed by atoms with Crippen LogP contribution in [-0.4, -0.2) is 79.8 Å². The number of halogens is 1. The van der Waals surface area contributed by atoms with E-state index in [9.17, 15) is 14.3 Å². The molecule has 0 bridgehead atoms. The van der Waals surface area contributed by atoms with Gasteiger partial charge in [0.05, 0.1) is 24.9 Å². The molecule has 7 heteroatoms. The average Bonchev–Trinajstić information content (AvgIpc) is 2.58. The van der Waals surface area contributed by atoms with Gasteiger partial charge in [-0.2, -0.15) is 0 Å². The molecule has 0 atom stereocenters. The molecular weight excluding hydrogens is 313 g/mol. The van der Waals surface area contributed by atoms with Crippen LogP contribution in [0.25, 0.3) is 0 Å². The molecule has 0 aromatic heterocycles. The lowest BCUT2D eigenvalue weighted by Crippen LogP contribution is -2.57. The van der Waals surface area contributed by atoms with Crippen molar-refractivity contribution in [3.63, 3.8) is 0 Å². The number of amides is 1. The Morgan fingerprint density at radius 1 is 1.29 bits per heavy atom. The Hall–Kier alpha value is -1.70. The van der Waals surface area contributed by atoms with Crippen LogP contribution in [0.2, 0.25) is 0 Å². The Balaban J connectivity index is 1.51. The van der Waals surface area contributed by atoms with Gasteiger partial charge in [0, 0.05) is 51.9 Å². The van der Waals surface area contributed by atoms with Crippen LogP contribution in [0.4, 0.5) is 10.1 Å². The molecule has 2 heterocycles. The highest BCUT2D eigenvalue weighted by Gasteiger charge is 2.30. The molecule has 0 aliphatic carbocycles. The van der Waals surface area contributed by atoms with Crippen LogP contribution >= 0.6 is 0 Å². The molecule has 0 unspecified atom stereocenters. The lowest BCUT2D eigenvalue weighted by atomic mass is 10.1. The van der Waals surface area contributed by atoms with Gasteiger partial charge in [0.2, 0.25) is 5.91 Å². The van der Waals surface area contributed by atoms with Crippen molar-refractivity contribution in [1.29, 1.82) is 0 Å². The first-order chi connectivity index (χ1) is 11.6. The Kier molecular flexibility index (Phi) is 5.33. The summed E-state index contributed by atoms with van der Waals surface area (Å²) in [5, 5.41) is 9.18. The monoisotopic (exact) mass is 337 g/mol. The molecule has 0 saturated carbocycles. The quantitative estimate of drug-likeness (QED) is 0.837. The van der Waals surface area contributed by atoms with E-state index in [1.165, 1.54) is 0 Å². The minimum atomic E-state index is -0.369. The fraction of sp³-hybridized carbons (Fsp3) is 0.588. The second kappa shape index (κ2) is 7.46. The lowest BCUT2D eigenvalue weighted by molar-refractivity contribution is -0.136. The number of benzene rings is 1. The first-order valence-electron chi connectivity index (χ1n) is 8.28. The largest absolute Gasteiger partial charge is 0.392 e. The van der Waals surface area contributed by atoms with Crippen LogP contribution < -0.4 is 4.90 Å². The second-order valence-corrected chi connectivity index (χ2v) is 6.33. The number of hydrogen-bond donors (Lipinski definition) is 1. The zero-order chi connectivity index (χ0) is 17.1. The van der Waals surface area contributed by atoms with Crippen LogP contribution in [0, 0.1) is 5.82 Å². The van der Waals surface area contributed by atoms with Gasteiger partial charge in [-0.05, 0) is 6.07 Å². The summed E-state index contributed by atoms with van der Waals surface area (Å²) >= 11 is 0. The van der Waals surface area contributed by atoms with Gasteiger partial charge in [-0.3, -0.25) is 9.69 Å². The Morgan fingerprint density at radius 2 is 2.00 bits per heavy atom. The third-order valence-corrected chi connectivity index (χ3v) is 4.82. The molecule has 2 fully saturated rings. The minimum absolute atomic E-state index is 0.119. The van der Waals surface area contributed by atoms with Crippen LogP contribution in [0.1, 0.15) is 5.56 Å². The van der Waals surface area contributed by atoms with Crippen molar-refractivity contribution >= 4 is 11.6 Å². The molecule has 1 aromatic rings. The predicted molar refractivity (Wildman–Crippen MR) is 88.4 cm³/mol. The van der Waals surface area contributed by atoms with E-state index in [4.69, 9.17) is 4.74 Å². The SMILES string of the molecule is COC1CN(CC(=O)N2CCN(c3cccc(CO)c3F)CC2)C1. The maximum Gasteiger partial charge on any atom is 0.236 e. The normalized spacial score (nSPS) is 19.5. The smallest absolute Gasteiger partial charge is 0.236 e. The maximum atomic E-state index is 14.3. The first kappa shape index (κ1) is 17.1. The molecular formula is C17H24FN3O3. The number of hydrogen-bond acceptors (Lipinski definition) is 5. The van der Waals surface area contributed by atoms with E-state index in [2.05, 4.69) is 4.90 Å². The number of anilines is 1. The second-order valence-electron chi connectivity index (χ2n) is 6.33. The van der Waals surface area contributed by atoms with Gasteiger partial charge >= 0.3 is 0 Å². The lowest BCUT2D eigenvalue weighted by Gasteiger charge is -2.40. The molecule has 2 aliphatic heterocycles. The molecule has 1 amide bonds. The number of aliphatic hydroxyl groups is 1. The van der Waals surface area contributed by atoms with Crippen molar-refractivity contribution in [2.45, 2.75) is 12.7 Å². The maximum absolute atomic E-state index is 14.3. The van der Waals surface area contributed by atoms with Gasteiger partial charge in [-0.15, -0.1) is 0 Å². The summed E-state index contributed by atoms with van der Waals surface area (Å²) in [6.07, 6.45) is 0.247. The summed E-state index contributed by atoms with van der Waals surface area (Å²) in [5.41, 5.74) is 0.802. The summed E-state index contributed by atoms with van der Waals surface area (Å²) in [7, 11) is 1.69. The molecule has 2 saturated heterocycles. The average molecular weight is 337 g/mol. The topological polar surface area (TPSA) is 56.2 Å². The molecule has 0 radical (unpaired) electrons. The summed E-state index contributed by atoms with van der Waals surface area (Å²) in [5.74, 6) is -0.250. The number of ether oxygens (including phenoxy) is 1. The van der Waals surface area contributed by atoms with E-state index in [1.54, 1.807) is 25.3 Å². The van der Waals surface area contributed by atoms with E-state index in [-0.39, 0.29) is 24.4 Å². The van der Waals surface area contributed by atoms with Crippen LogP contribution in [0.5, 0.6) is 0 Å². The van der Waals surface area contributed by atoms with E-state index in [0.29, 0.717) is 44.0 Å². The van der Waals surface area contributed by atoms with Gasteiger partial charge < -0.3 is 19.6 Å². The van der Waals surface area contributed by atoms with Gasteiger partial charge in [-0.1, -0.05) is 12.1 Å².